The molecule has 0 atom stereocenters. The lowest BCUT2D eigenvalue weighted by Gasteiger charge is -2.17. The Labute approximate surface area is 102 Å². The smallest absolute Gasteiger partial charge is 0.313 e. The molecule has 0 saturated carbocycles. The minimum absolute atomic E-state index is 0.0679. The molecule has 0 N–H and O–H groups in total. The molecule has 0 heterocycles. The summed E-state index contributed by atoms with van der Waals surface area (Å²) in [5.41, 5.74) is 0. The number of carbonyl (C=O) groups excluding carboxylic acids is 3. The fourth-order valence-electron chi connectivity index (χ4n) is 1.16. The topological polar surface area (TPSA) is 66.9 Å². The van der Waals surface area contributed by atoms with Crippen molar-refractivity contribution < 1.29 is 19.1 Å². The molecule has 6 nitrogen and oxygen atoms in total. The number of carbonyl (C=O) groups is 3. The first-order chi connectivity index (χ1) is 7.86. The van der Waals surface area contributed by atoms with E-state index in [4.69, 9.17) is 0 Å². The van der Waals surface area contributed by atoms with Gasteiger partial charge in [0.05, 0.1) is 19.7 Å². The van der Waals surface area contributed by atoms with E-state index in [0.29, 0.717) is 0 Å². The van der Waals surface area contributed by atoms with Gasteiger partial charge in [-0.05, 0) is 14.0 Å². The molecule has 0 fully saturated rings. The van der Waals surface area contributed by atoms with Gasteiger partial charge < -0.3 is 9.64 Å². The van der Waals surface area contributed by atoms with Gasteiger partial charge in [0.15, 0.2) is 5.78 Å². The van der Waals surface area contributed by atoms with Crippen LogP contribution in [0, 0.1) is 0 Å². The number of ketones is 1. The molecular formula is C11H20N2O4. The van der Waals surface area contributed by atoms with Crippen molar-refractivity contribution in [3.8, 4) is 0 Å². The van der Waals surface area contributed by atoms with Crippen LogP contribution in [-0.2, 0) is 19.1 Å². The average Bonchev–Trinajstić information content (AvgIpc) is 2.16. The largest absolute Gasteiger partial charge is 0.466 e. The summed E-state index contributed by atoms with van der Waals surface area (Å²) in [5.74, 6) is -0.862. The highest BCUT2D eigenvalue weighted by Crippen LogP contribution is 1.93. The second-order valence-corrected chi connectivity index (χ2v) is 3.98. The Morgan fingerprint density at radius 2 is 1.65 bits per heavy atom. The van der Waals surface area contributed by atoms with Crippen LogP contribution in [0.15, 0.2) is 0 Å². The Kier molecular flexibility index (Phi) is 7.13. The summed E-state index contributed by atoms with van der Waals surface area (Å²) in [4.78, 5) is 36.8. The maximum atomic E-state index is 11.4. The Morgan fingerprint density at radius 1 is 1.06 bits per heavy atom. The van der Waals surface area contributed by atoms with Gasteiger partial charge in [0, 0.05) is 14.1 Å². The van der Waals surface area contributed by atoms with Crippen molar-refractivity contribution in [2.24, 2.45) is 0 Å². The molecule has 0 aromatic heterocycles. The van der Waals surface area contributed by atoms with Crippen LogP contribution in [0.3, 0.4) is 0 Å². The van der Waals surface area contributed by atoms with Crippen LogP contribution < -0.4 is 0 Å². The number of hydrogen-bond acceptors (Lipinski definition) is 5. The lowest BCUT2D eigenvalue weighted by atomic mass is 10.2. The molecule has 0 rings (SSSR count). The van der Waals surface area contributed by atoms with E-state index in [0.717, 1.165) is 0 Å². The van der Waals surface area contributed by atoms with Gasteiger partial charge in [-0.15, -0.1) is 0 Å². The second kappa shape index (κ2) is 7.78. The molecule has 17 heavy (non-hydrogen) atoms. The number of hydrogen-bond donors (Lipinski definition) is 0. The van der Waals surface area contributed by atoms with E-state index in [1.54, 1.807) is 33.0 Å². The van der Waals surface area contributed by atoms with E-state index in [1.807, 2.05) is 0 Å². The molecule has 1 amide bonds. The molecule has 0 aliphatic carbocycles. The van der Waals surface area contributed by atoms with Crippen LogP contribution in [-0.4, -0.2) is 68.3 Å². The Morgan fingerprint density at radius 3 is 2.12 bits per heavy atom. The molecule has 6 heteroatoms. The summed E-state index contributed by atoms with van der Waals surface area (Å²) in [6.07, 6.45) is -0.242. The van der Waals surface area contributed by atoms with Crippen molar-refractivity contribution >= 4 is 17.7 Å². The Hall–Kier alpha value is -1.43. The van der Waals surface area contributed by atoms with Gasteiger partial charge in [0.25, 0.3) is 0 Å². The van der Waals surface area contributed by atoms with E-state index in [9.17, 15) is 14.4 Å². The minimum atomic E-state index is -0.523. The van der Waals surface area contributed by atoms with Gasteiger partial charge in [0.1, 0.15) is 6.42 Å². The van der Waals surface area contributed by atoms with E-state index in [-0.39, 0.29) is 37.8 Å². The first kappa shape index (κ1) is 15.6. The molecule has 0 aliphatic rings. The summed E-state index contributed by atoms with van der Waals surface area (Å²) in [6.45, 7) is 2.17. The van der Waals surface area contributed by atoms with Crippen molar-refractivity contribution in [3.05, 3.63) is 0 Å². The molecule has 98 valence electrons. The molecular weight excluding hydrogens is 224 g/mol. The number of Topliss-reactive ketones (excluding diaryl/α,β-unsaturated/α-hetero) is 1. The first-order valence-corrected chi connectivity index (χ1v) is 5.42. The highest BCUT2D eigenvalue weighted by atomic mass is 16.5. The predicted molar refractivity (Wildman–Crippen MR) is 62.4 cm³/mol. The zero-order chi connectivity index (χ0) is 13.4. The maximum absolute atomic E-state index is 11.4. The summed E-state index contributed by atoms with van der Waals surface area (Å²) in [6, 6.07) is 0. The van der Waals surface area contributed by atoms with Crippen LogP contribution in [0.25, 0.3) is 0 Å². The lowest BCUT2D eigenvalue weighted by Crippen LogP contribution is -2.37. The van der Waals surface area contributed by atoms with E-state index >= 15 is 0 Å². The summed E-state index contributed by atoms with van der Waals surface area (Å²) >= 11 is 0. The van der Waals surface area contributed by atoms with E-state index < -0.39 is 5.97 Å². The average molecular weight is 244 g/mol. The van der Waals surface area contributed by atoms with Crippen molar-refractivity contribution in [1.29, 1.82) is 0 Å². The summed E-state index contributed by atoms with van der Waals surface area (Å²) < 4.78 is 4.66. The molecule has 0 unspecified atom stereocenters. The van der Waals surface area contributed by atoms with E-state index in [1.165, 1.54) is 4.90 Å². The van der Waals surface area contributed by atoms with Crippen LogP contribution in [0.5, 0.6) is 0 Å². The van der Waals surface area contributed by atoms with Gasteiger partial charge >= 0.3 is 5.97 Å². The lowest BCUT2D eigenvalue weighted by molar-refractivity contribution is -0.145. The Bertz CT molecular complexity index is 289. The fourth-order valence-corrected chi connectivity index (χ4v) is 1.16. The molecule has 0 radical (unpaired) electrons. The van der Waals surface area contributed by atoms with Crippen molar-refractivity contribution in [1.82, 2.24) is 9.80 Å². The summed E-state index contributed by atoms with van der Waals surface area (Å²) in [7, 11) is 4.96. The minimum Gasteiger partial charge on any atom is -0.466 e. The SMILES string of the molecule is CCOC(=O)CC(=O)CN(C)CC(=O)N(C)C. The standard InChI is InChI=1S/C11H20N2O4/c1-5-17-11(16)6-9(14)7-13(4)8-10(15)12(2)3/h5-8H2,1-4H3. The highest BCUT2D eigenvalue weighted by molar-refractivity contribution is 5.96. The van der Waals surface area contributed by atoms with Crippen LogP contribution in [0.1, 0.15) is 13.3 Å². The third-order valence-corrected chi connectivity index (χ3v) is 2.00. The van der Waals surface area contributed by atoms with Gasteiger partial charge in [-0.2, -0.15) is 0 Å². The number of likely N-dealkylation sites (N-methyl/N-ethyl adjacent to an activating group) is 2. The normalized spacial score (nSPS) is 10.2. The van der Waals surface area contributed by atoms with Crippen molar-refractivity contribution in [3.63, 3.8) is 0 Å². The number of nitrogens with zero attached hydrogens (tertiary/aromatic N) is 2. The quantitative estimate of drug-likeness (QED) is 0.447. The van der Waals surface area contributed by atoms with Gasteiger partial charge in [-0.3, -0.25) is 19.3 Å². The second-order valence-electron chi connectivity index (χ2n) is 3.98. The van der Waals surface area contributed by atoms with E-state index in [2.05, 4.69) is 4.74 Å². The summed E-state index contributed by atoms with van der Waals surface area (Å²) in [5, 5.41) is 0. The molecule has 0 bridgehead atoms. The fraction of sp³-hybridized carbons (Fsp3) is 0.727. The maximum Gasteiger partial charge on any atom is 0.313 e. The van der Waals surface area contributed by atoms with Crippen LogP contribution >= 0.6 is 0 Å². The monoisotopic (exact) mass is 244 g/mol. The number of ether oxygens (including phenoxy) is 1. The Balaban J connectivity index is 3.96. The zero-order valence-corrected chi connectivity index (χ0v) is 10.9. The number of amides is 1. The van der Waals surface area contributed by atoms with Crippen LogP contribution in [0.2, 0.25) is 0 Å². The van der Waals surface area contributed by atoms with Crippen LogP contribution in [0.4, 0.5) is 0 Å². The van der Waals surface area contributed by atoms with Gasteiger partial charge in [0.2, 0.25) is 5.91 Å². The number of esters is 1. The zero-order valence-electron chi connectivity index (χ0n) is 10.9. The molecule has 0 aromatic rings. The van der Waals surface area contributed by atoms with Crippen molar-refractivity contribution in [2.75, 3.05) is 40.8 Å². The third-order valence-electron chi connectivity index (χ3n) is 2.00. The molecule has 0 aliphatic heterocycles. The first-order valence-electron chi connectivity index (χ1n) is 5.42. The third kappa shape index (κ3) is 7.46. The molecule has 0 spiro atoms. The molecule has 0 saturated heterocycles. The number of rotatable bonds is 7. The van der Waals surface area contributed by atoms with Gasteiger partial charge in [-0.1, -0.05) is 0 Å². The van der Waals surface area contributed by atoms with Crippen molar-refractivity contribution in [2.45, 2.75) is 13.3 Å². The predicted octanol–water partition coefficient (Wildman–Crippen LogP) is -0.471. The molecule has 0 aromatic carbocycles. The van der Waals surface area contributed by atoms with Gasteiger partial charge in [-0.25, -0.2) is 0 Å². The highest BCUT2D eigenvalue weighted by Gasteiger charge is 2.15.